The van der Waals surface area contributed by atoms with Crippen molar-refractivity contribution in [3.63, 3.8) is 0 Å². The van der Waals surface area contributed by atoms with Crippen molar-refractivity contribution in [2.75, 3.05) is 25.1 Å². The van der Waals surface area contributed by atoms with Crippen molar-refractivity contribution in [3.05, 3.63) is 24.3 Å². The zero-order valence-corrected chi connectivity index (χ0v) is 12.8. The average Bonchev–Trinajstić information content (AvgIpc) is 3.31. The third-order valence-electron chi connectivity index (χ3n) is 4.73. The lowest BCUT2D eigenvalue weighted by Gasteiger charge is -2.44. The standard InChI is InChI=1S/C17H26N2O/c1-12(2)17-10-18-16(13-7-8-13)11-19(17)14-5-4-6-15(9-14)20-3/h4-6,9,12-13,16-18H,7-8,10-11H2,1-3H3. The Kier molecular flexibility index (Phi) is 3.88. The molecule has 3 rings (SSSR count). The predicted molar refractivity (Wildman–Crippen MR) is 83.5 cm³/mol. The van der Waals surface area contributed by atoms with E-state index in [1.807, 2.05) is 6.07 Å². The van der Waals surface area contributed by atoms with Crippen molar-refractivity contribution < 1.29 is 4.74 Å². The van der Waals surface area contributed by atoms with Crippen LogP contribution in [0.2, 0.25) is 0 Å². The highest BCUT2D eigenvalue weighted by Crippen LogP contribution is 2.36. The lowest BCUT2D eigenvalue weighted by atomic mass is 9.96. The number of methoxy groups -OCH3 is 1. The molecule has 1 N–H and O–H groups in total. The van der Waals surface area contributed by atoms with Crippen LogP contribution in [0.25, 0.3) is 0 Å². The molecule has 3 nitrogen and oxygen atoms in total. The van der Waals surface area contributed by atoms with E-state index >= 15 is 0 Å². The van der Waals surface area contributed by atoms with Gasteiger partial charge in [-0.05, 0) is 36.8 Å². The molecule has 3 heteroatoms. The van der Waals surface area contributed by atoms with E-state index in [-0.39, 0.29) is 0 Å². The molecule has 0 radical (unpaired) electrons. The molecule has 1 aliphatic heterocycles. The molecule has 2 unspecified atom stereocenters. The average molecular weight is 274 g/mol. The third kappa shape index (κ3) is 2.78. The van der Waals surface area contributed by atoms with Crippen LogP contribution >= 0.6 is 0 Å². The van der Waals surface area contributed by atoms with Gasteiger partial charge in [0, 0.05) is 36.9 Å². The number of anilines is 1. The van der Waals surface area contributed by atoms with Crippen molar-refractivity contribution in [1.29, 1.82) is 0 Å². The van der Waals surface area contributed by atoms with Crippen LogP contribution < -0.4 is 15.0 Å². The fourth-order valence-electron chi connectivity index (χ4n) is 3.29. The van der Waals surface area contributed by atoms with Gasteiger partial charge in [0.25, 0.3) is 0 Å². The minimum absolute atomic E-state index is 0.567. The molecule has 0 amide bonds. The summed E-state index contributed by atoms with van der Waals surface area (Å²) >= 11 is 0. The van der Waals surface area contributed by atoms with Crippen molar-refractivity contribution in [3.8, 4) is 5.75 Å². The van der Waals surface area contributed by atoms with Crippen LogP contribution in [0, 0.1) is 11.8 Å². The van der Waals surface area contributed by atoms with Gasteiger partial charge < -0.3 is 15.0 Å². The number of piperazine rings is 1. The summed E-state index contributed by atoms with van der Waals surface area (Å²) in [5.74, 6) is 2.50. The molecule has 0 aromatic heterocycles. The van der Waals surface area contributed by atoms with Gasteiger partial charge in [0.15, 0.2) is 0 Å². The van der Waals surface area contributed by atoms with Gasteiger partial charge in [-0.3, -0.25) is 0 Å². The number of hydrogen-bond acceptors (Lipinski definition) is 3. The van der Waals surface area contributed by atoms with Gasteiger partial charge in [0.1, 0.15) is 5.75 Å². The second kappa shape index (κ2) is 5.65. The minimum atomic E-state index is 0.567. The molecule has 0 bridgehead atoms. The first-order valence-corrected chi connectivity index (χ1v) is 7.83. The first-order valence-electron chi connectivity index (χ1n) is 7.83. The Labute approximate surface area is 122 Å². The number of nitrogens with one attached hydrogen (secondary N) is 1. The van der Waals surface area contributed by atoms with E-state index in [0.717, 1.165) is 24.8 Å². The minimum Gasteiger partial charge on any atom is -0.497 e. The summed E-state index contributed by atoms with van der Waals surface area (Å²) in [6, 6.07) is 9.74. The van der Waals surface area contributed by atoms with Gasteiger partial charge in [0.2, 0.25) is 0 Å². The van der Waals surface area contributed by atoms with Crippen LogP contribution in [-0.4, -0.2) is 32.3 Å². The number of ether oxygens (including phenoxy) is 1. The predicted octanol–water partition coefficient (Wildman–Crippen LogP) is 2.91. The number of rotatable bonds is 4. The second-order valence-corrected chi connectivity index (χ2v) is 6.52. The Bertz CT molecular complexity index is 456. The fourth-order valence-corrected chi connectivity index (χ4v) is 3.29. The van der Waals surface area contributed by atoms with E-state index in [2.05, 4.69) is 42.3 Å². The monoisotopic (exact) mass is 274 g/mol. The zero-order valence-electron chi connectivity index (χ0n) is 12.8. The van der Waals surface area contributed by atoms with E-state index in [9.17, 15) is 0 Å². The Morgan fingerprint density at radius 2 is 2.10 bits per heavy atom. The first-order chi connectivity index (χ1) is 9.69. The fraction of sp³-hybridized carbons (Fsp3) is 0.647. The van der Waals surface area contributed by atoms with Gasteiger partial charge in [-0.2, -0.15) is 0 Å². The first kappa shape index (κ1) is 13.7. The van der Waals surface area contributed by atoms with Crippen LogP contribution in [-0.2, 0) is 0 Å². The number of benzene rings is 1. The summed E-state index contributed by atoms with van der Waals surface area (Å²) in [4.78, 5) is 2.59. The Morgan fingerprint density at radius 3 is 2.75 bits per heavy atom. The summed E-state index contributed by atoms with van der Waals surface area (Å²) in [7, 11) is 1.74. The molecule has 2 fully saturated rings. The highest BCUT2D eigenvalue weighted by molar-refractivity contribution is 5.52. The van der Waals surface area contributed by atoms with Crippen LogP contribution in [0.3, 0.4) is 0 Å². The molecular weight excluding hydrogens is 248 g/mol. The SMILES string of the molecule is COc1cccc(N2CC(C3CC3)NCC2C(C)C)c1. The normalized spacial score (nSPS) is 26.9. The molecule has 1 saturated carbocycles. The Balaban J connectivity index is 1.83. The maximum Gasteiger partial charge on any atom is 0.120 e. The second-order valence-electron chi connectivity index (χ2n) is 6.52. The van der Waals surface area contributed by atoms with Crippen LogP contribution in [0.5, 0.6) is 5.75 Å². The summed E-state index contributed by atoms with van der Waals surface area (Å²) in [5.41, 5.74) is 1.30. The van der Waals surface area contributed by atoms with E-state index in [1.54, 1.807) is 7.11 Å². The van der Waals surface area contributed by atoms with Gasteiger partial charge in [-0.1, -0.05) is 19.9 Å². The van der Waals surface area contributed by atoms with Crippen LogP contribution in [0.1, 0.15) is 26.7 Å². The largest absolute Gasteiger partial charge is 0.497 e. The number of nitrogens with zero attached hydrogens (tertiary/aromatic N) is 1. The number of hydrogen-bond donors (Lipinski definition) is 1. The molecule has 110 valence electrons. The van der Waals surface area contributed by atoms with Gasteiger partial charge in [-0.15, -0.1) is 0 Å². The van der Waals surface area contributed by atoms with Gasteiger partial charge in [-0.25, -0.2) is 0 Å². The highest BCUT2D eigenvalue weighted by atomic mass is 16.5. The maximum atomic E-state index is 5.39. The highest BCUT2D eigenvalue weighted by Gasteiger charge is 2.38. The van der Waals surface area contributed by atoms with Crippen molar-refractivity contribution in [1.82, 2.24) is 5.32 Å². The molecule has 2 atom stereocenters. The smallest absolute Gasteiger partial charge is 0.120 e. The molecule has 1 heterocycles. The third-order valence-corrected chi connectivity index (χ3v) is 4.73. The molecule has 0 spiro atoms. The Morgan fingerprint density at radius 1 is 1.30 bits per heavy atom. The van der Waals surface area contributed by atoms with Crippen molar-refractivity contribution in [2.24, 2.45) is 11.8 Å². The molecule has 1 aromatic carbocycles. The molecule has 1 saturated heterocycles. The molecule has 1 aromatic rings. The summed E-state index contributed by atoms with van der Waals surface area (Å²) in [6.45, 7) is 6.85. The van der Waals surface area contributed by atoms with E-state index in [1.165, 1.54) is 18.5 Å². The Hall–Kier alpha value is -1.22. The van der Waals surface area contributed by atoms with Crippen LogP contribution in [0.4, 0.5) is 5.69 Å². The van der Waals surface area contributed by atoms with Crippen molar-refractivity contribution in [2.45, 2.75) is 38.8 Å². The van der Waals surface area contributed by atoms with E-state index in [4.69, 9.17) is 4.74 Å². The maximum absolute atomic E-state index is 5.39. The summed E-state index contributed by atoms with van der Waals surface area (Å²) in [6.07, 6.45) is 2.80. The topological polar surface area (TPSA) is 24.5 Å². The quantitative estimate of drug-likeness (QED) is 0.913. The molecular formula is C17H26N2O. The van der Waals surface area contributed by atoms with Crippen molar-refractivity contribution >= 4 is 5.69 Å². The summed E-state index contributed by atoms with van der Waals surface area (Å²) < 4.78 is 5.39. The summed E-state index contributed by atoms with van der Waals surface area (Å²) in [5, 5.41) is 3.77. The lowest BCUT2D eigenvalue weighted by molar-refractivity contribution is 0.320. The van der Waals surface area contributed by atoms with E-state index < -0.39 is 0 Å². The zero-order chi connectivity index (χ0) is 14.1. The lowest BCUT2D eigenvalue weighted by Crippen LogP contribution is -2.59. The van der Waals surface area contributed by atoms with Gasteiger partial charge >= 0.3 is 0 Å². The van der Waals surface area contributed by atoms with Gasteiger partial charge in [0.05, 0.1) is 7.11 Å². The molecule has 1 aliphatic carbocycles. The molecule has 2 aliphatic rings. The van der Waals surface area contributed by atoms with Crippen LogP contribution in [0.15, 0.2) is 24.3 Å². The van der Waals surface area contributed by atoms with E-state index in [0.29, 0.717) is 18.0 Å². The molecule has 20 heavy (non-hydrogen) atoms.